The lowest BCUT2D eigenvalue weighted by Gasteiger charge is -2.09. The van der Waals surface area contributed by atoms with Crippen molar-refractivity contribution in [2.75, 3.05) is 6.54 Å². The molecule has 3 N–H and O–H groups in total. The first-order chi connectivity index (χ1) is 8.41. The van der Waals surface area contributed by atoms with Gasteiger partial charge in [0.05, 0.1) is 13.0 Å². The van der Waals surface area contributed by atoms with Crippen LogP contribution in [0.15, 0.2) is 18.2 Å². The monoisotopic (exact) mass is 291 g/mol. The Kier molecular flexibility index (Phi) is 5.40. The first-order valence-corrected chi connectivity index (χ1v) is 5.78. The molecule has 1 aromatic rings. The maximum atomic E-state index is 11.5. The highest BCUT2D eigenvalue weighted by Gasteiger charge is 2.15. The Labute approximate surface area is 113 Å². The van der Waals surface area contributed by atoms with E-state index in [0.717, 1.165) is 0 Å². The van der Waals surface area contributed by atoms with Crippen molar-refractivity contribution in [1.82, 2.24) is 5.32 Å². The van der Waals surface area contributed by atoms with Crippen molar-refractivity contribution in [3.05, 3.63) is 33.8 Å². The van der Waals surface area contributed by atoms with Crippen LogP contribution in [0, 0.1) is 0 Å². The number of nitrogens with one attached hydrogen (secondary N) is 1. The average molecular weight is 292 g/mol. The minimum Gasteiger partial charge on any atom is -0.479 e. The van der Waals surface area contributed by atoms with Gasteiger partial charge in [0.2, 0.25) is 5.91 Å². The van der Waals surface area contributed by atoms with Crippen LogP contribution in [0.5, 0.6) is 0 Å². The van der Waals surface area contributed by atoms with E-state index in [-0.39, 0.29) is 13.0 Å². The number of carboxylic acid groups (broad SMARTS) is 1. The number of benzene rings is 1. The maximum Gasteiger partial charge on any atom is 0.334 e. The third kappa shape index (κ3) is 4.18. The second-order valence-corrected chi connectivity index (χ2v) is 4.35. The Morgan fingerprint density at radius 1 is 1.28 bits per heavy atom. The maximum absolute atomic E-state index is 11.5. The summed E-state index contributed by atoms with van der Waals surface area (Å²) >= 11 is 11.8. The van der Waals surface area contributed by atoms with Crippen LogP contribution in [-0.4, -0.2) is 34.7 Å². The van der Waals surface area contributed by atoms with Gasteiger partial charge in [-0.2, -0.15) is 0 Å². The molecule has 0 spiro atoms. The smallest absolute Gasteiger partial charge is 0.334 e. The summed E-state index contributed by atoms with van der Waals surface area (Å²) in [6, 6.07) is 4.85. The molecule has 0 aliphatic rings. The van der Waals surface area contributed by atoms with Gasteiger partial charge in [-0.3, -0.25) is 4.79 Å². The molecule has 1 amide bonds. The van der Waals surface area contributed by atoms with Crippen LogP contribution < -0.4 is 5.32 Å². The molecule has 0 heterocycles. The highest BCUT2D eigenvalue weighted by Crippen LogP contribution is 2.24. The summed E-state index contributed by atoms with van der Waals surface area (Å²) in [7, 11) is 0. The highest BCUT2D eigenvalue weighted by molar-refractivity contribution is 6.36. The normalized spacial score (nSPS) is 11.9. The fourth-order valence-corrected chi connectivity index (χ4v) is 1.75. The summed E-state index contributed by atoms with van der Waals surface area (Å²) in [5, 5.41) is 20.4. The Morgan fingerprint density at radius 3 is 2.33 bits per heavy atom. The van der Waals surface area contributed by atoms with Gasteiger partial charge in [-0.05, 0) is 17.7 Å². The molecular weight excluding hydrogens is 281 g/mol. The molecule has 5 nitrogen and oxygen atoms in total. The van der Waals surface area contributed by atoms with E-state index < -0.39 is 18.0 Å². The number of carboxylic acids is 1. The van der Waals surface area contributed by atoms with Gasteiger partial charge in [0.1, 0.15) is 0 Å². The number of hydrogen-bond donors (Lipinski definition) is 3. The molecule has 1 unspecified atom stereocenters. The van der Waals surface area contributed by atoms with Gasteiger partial charge in [0.25, 0.3) is 0 Å². The lowest BCUT2D eigenvalue weighted by atomic mass is 10.1. The summed E-state index contributed by atoms with van der Waals surface area (Å²) in [5.41, 5.74) is 0.461. The van der Waals surface area contributed by atoms with Crippen molar-refractivity contribution < 1.29 is 19.8 Å². The number of rotatable bonds is 5. The van der Waals surface area contributed by atoms with Gasteiger partial charge >= 0.3 is 5.97 Å². The molecule has 0 aliphatic carbocycles. The Balaban J connectivity index is 2.58. The van der Waals surface area contributed by atoms with E-state index in [1.165, 1.54) is 0 Å². The Bertz CT molecular complexity index is 444. The van der Waals surface area contributed by atoms with E-state index in [4.69, 9.17) is 33.4 Å². The van der Waals surface area contributed by atoms with E-state index >= 15 is 0 Å². The van der Waals surface area contributed by atoms with Crippen LogP contribution >= 0.6 is 23.2 Å². The molecule has 7 heteroatoms. The molecule has 1 atom stereocenters. The fourth-order valence-electron chi connectivity index (χ4n) is 1.22. The number of amides is 1. The quantitative estimate of drug-likeness (QED) is 0.758. The molecule has 1 aromatic carbocycles. The van der Waals surface area contributed by atoms with E-state index in [1.54, 1.807) is 18.2 Å². The summed E-state index contributed by atoms with van der Waals surface area (Å²) in [4.78, 5) is 21.8. The minimum atomic E-state index is -1.63. The zero-order valence-corrected chi connectivity index (χ0v) is 10.7. The Hall–Kier alpha value is -1.30. The molecule has 0 saturated heterocycles. The summed E-state index contributed by atoms with van der Waals surface area (Å²) in [5.74, 6) is -1.86. The van der Waals surface area contributed by atoms with Crippen molar-refractivity contribution in [1.29, 1.82) is 0 Å². The van der Waals surface area contributed by atoms with Crippen LogP contribution in [0.3, 0.4) is 0 Å². The second-order valence-electron chi connectivity index (χ2n) is 3.54. The van der Waals surface area contributed by atoms with Crippen LogP contribution in [0.2, 0.25) is 10.0 Å². The zero-order chi connectivity index (χ0) is 13.7. The van der Waals surface area contributed by atoms with E-state index in [0.29, 0.717) is 15.6 Å². The topological polar surface area (TPSA) is 86.6 Å². The molecule has 0 aliphatic heterocycles. The summed E-state index contributed by atoms with van der Waals surface area (Å²) in [6.45, 7) is -0.365. The third-order valence-corrected chi connectivity index (χ3v) is 2.88. The molecule has 98 valence electrons. The molecule has 0 aromatic heterocycles. The van der Waals surface area contributed by atoms with Crippen LogP contribution in [0.25, 0.3) is 0 Å². The Morgan fingerprint density at radius 2 is 1.83 bits per heavy atom. The number of carbonyl (C=O) groups is 2. The van der Waals surface area contributed by atoms with Crippen molar-refractivity contribution in [2.45, 2.75) is 12.5 Å². The molecular formula is C11H11Cl2NO4. The van der Waals surface area contributed by atoms with Gasteiger partial charge in [0.15, 0.2) is 6.10 Å². The number of aliphatic hydroxyl groups excluding tert-OH is 1. The standard InChI is InChI=1S/C11H11Cl2NO4/c12-7-2-1-3-8(13)6(7)4-10(16)14-5-9(15)11(17)18/h1-3,9,15H,4-5H2,(H,14,16)(H,17,18). The minimum absolute atomic E-state index is 0.0785. The predicted molar refractivity (Wildman–Crippen MR) is 66.8 cm³/mol. The van der Waals surface area contributed by atoms with Crippen molar-refractivity contribution in [3.8, 4) is 0 Å². The number of aliphatic hydroxyl groups is 1. The first-order valence-electron chi connectivity index (χ1n) is 5.02. The van der Waals surface area contributed by atoms with E-state index in [2.05, 4.69) is 5.32 Å². The third-order valence-electron chi connectivity index (χ3n) is 2.18. The number of halogens is 2. The predicted octanol–water partition coefficient (Wildman–Crippen LogP) is 1.10. The SMILES string of the molecule is O=C(Cc1c(Cl)cccc1Cl)NCC(O)C(=O)O. The number of hydrogen-bond acceptors (Lipinski definition) is 3. The van der Waals surface area contributed by atoms with Gasteiger partial charge in [-0.1, -0.05) is 29.3 Å². The lowest BCUT2D eigenvalue weighted by Crippen LogP contribution is -2.37. The fraction of sp³-hybridized carbons (Fsp3) is 0.273. The summed E-state index contributed by atoms with van der Waals surface area (Å²) in [6.07, 6.45) is -1.71. The largest absolute Gasteiger partial charge is 0.479 e. The summed E-state index contributed by atoms with van der Waals surface area (Å²) < 4.78 is 0. The number of aliphatic carboxylic acids is 1. The van der Waals surface area contributed by atoms with Gasteiger partial charge in [0, 0.05) is 10.0 Å². The molecule has 0 saturated carbocycles. The average Bonchev–Trinajstić information content (AvgIpc) is 2.30. The highest BCUT2D eigenvalue weighted by atomic mass is 35.5. The van der Waals surface area contributed by atoms with Crippen LogP contribution in [-0.2, 0) is 16.0 Å². The molecule has 1 rings (SSSR count). The van der Waals surface area contributed by atoms with Crippen LogP contribution in [0.1, 0.15) is 5.56 Å². The van der Waals surface area contributed by atoms with Gasteiger partial charge in [-0.25, -0.2) is 4.79 Å². The van der Waals surface area contributed by atoms with Gasteiger partial charge in [-0.15, -0.1) is 0 Å². The van der Waals surface area contributed by atoms with E-state index in [1.807, 2.05) is 0 Å². The zero-order valence-electron chi connectivity index (χ0n) is 9.19. The lowest BCUT2D eigenvalue weighted by molar-refractivity contribution is -0.146. The molecule has 0 fully saturated rings. The first kappa shape index (κ1) is 14.8. The van der Waals surface area contributed by atoms with Gasteiger partial charge < -0.3 is 15.5 Å². The molecule has 18 heavy (non-hydrogen) atoms. The van der Waals surface area contributed by atoms with Crippen molar-refractivity contribution in [2.24, 2.45) is 0 Å². The van der Waals surface area contributed by atoms with Crippen LogP contribution in [0.4, 0.5) is 0 Å². The van der Waals surface area contributed by atoms with Crippen molar-refractivity contribution in [3.63, 3.8) is 0 Å². The second kappa shape index (κ2) is 6.58. The molecule has 0 bridgehead atoms. The van der Waals surface area contributed by atoms with E-state index in [9.17, 15) is 9.59 Å². The molecule has 0 radical (unpaired) electrons. The van der Waals surface area contributed by atoms with Crippen molar-refractivity contribution >= 4 is 35.1 Å². The number of carbonyl (C=O) groups excluding carboxylic acids is 1.